The number of carbonyl (C=O) groups is 2. The molecule has 0 bridgehead atoms. The van der Waals surface area contributed by atoms with E-state index in [0.29, 0.717) is 11.1 Å². The van der Waals surface area contributed by atoms with Gasteiger partial charge < -0.3 is 14.2 Å². The minimum Gasteiger partial charge on any atom is -0.456 e. The van der Waals surface area contributed by atoms with Gasteiger partial charge in [0.2, 0.25) is 0 Å². The second-order valence-electron chi connectivity index (χ2n) is 5.65. The maximum atomic E-state index is 12.2. The molecule has 2 aromatic rings. The minimum atomic E-state index is -0.587. The summed E-state index contributed by atoms with van der Waals surface area (Å²) in [4.78, 5) is 24.3. The molecular weight excluding hydrogens is 320 g/mol. The third-order valence-electron chi connectivity index (χ3n) is 3.80. The molecule has 0 fully saturated rings. The van der Waals surface area contributed by atoms with Crippen molar-refractivity contribution < 1.29 is 23.8 Å². The number of rotatable bonds is 7. The Hall–Kier alpha value is -2.66. The van der Waals surface area contributed by atoms with Gasteiger partial charge in [0.05, 0.1) is 11.1 Å². The molecule has 0 spiro atoms. The number of carbonyl (C=O) groups excluding carboxylic acids is 2. The maximum Gasteiger partial charge on any atom is 0.338 e. The van der Waals surface area contributed by atoms with E-state index in [0.717, 1.165) is 0 Å². The fraction of sp³-hybridized carbons (Fsp3) is 0.300. The fourth-order valence-electron chi connectivity index (χ4n) is 2.52. The number of ether oxygens (including phenoxy) is 3. The average molecular weight is 342 g/mol. The SMILES string of the molecule is COC(C(C)OC(=O)c1ccccc1)C(C)OC(=O)c1ccccc1. The summed E-state index contributed by atoms with van der Waals surface area (Å²) in [5, 5.41) is 0. The van der Waals surface area contributed by atoms with Gasteiger partial charge in [-0.1, -0.05) is 36.4 Å². The minimum absolute atomic E-state index is 0.447. The normalized spacial score (nSPS) is 14.2. The third kappa shape index (κ3) is 5.16. The molecule has 25 heavy (non-hydrogen) atoms. The van der Waals surface area contributed by atoms with Crippen LogP contribution < -0.4 is 0 Å². The molecule has 2 unspecified atom stereocenters. The Morgan fingerprint density at radius 1 is 0.720 bits per heavy atom. The molecular formula is C20H22O5. The number of benzene rings is 2. The molecule has 2 atom stereocenters. The van der Waals surface area contributed by atoms with Gasteiger partial charge in [-0.2, -0.15) is 0 Å². The Balaban J connectivity index is 1.97. The van der Waals surface area contributed by atoms with Gasteiger partial charge in [0.1, 0.15) is 18.3 Å². The van der Waals surface area contributed by atoms with E-state index in [-0.39, 0.29) is 0 Å². The van der Waals surface area contributed by atoms with Crippen molar-refractivity contribution in [3.8, 4) is 0 Å². The molecule has 0 aliphatic heterocycles. The molecule has 5 nitrogen and oxygen atoms in total. The number of esters is 2. The zero-order chi connectivity index (χ0) is 18.2. The summed E-state index contributed by atoms with van der Waals surface area (Å²) in [6.45, 7) is 3.42. The van der Waals surface area contributed by atoms with Crippen molar-refractivity contribution in [2.75, 3.05) is 7.11 Å². The van der Waals surface area contributed by atoms with Crippen LogP contribution in [0.15, 0.2) is 60.7 Å². The molecule has 0 amide bonds. The van der Waals surface area contributed by atoms with Gasteiger partial charge in [0.15, 0.2) is 0 Å². The average Bonchev–Trinajstić information content (AvgIpc) is 2.63. The van der Waals surface area contributed by atoms with Gasteiger partial charge in [-0.3, -0.25) is 0 Å². The lowest BCUT2D eigenvalue weighted by molar-refractivity contribution is -0.0835. The van der Waals surface area contributed by atoms with E-state index < -0.39 is 30.3 Å². The summed E-state index contributed by atoms with van der Waals surface area (Å²) in [5.41, 5.74) is 0.913. The summed E-state index contributed by atoms with van der Waals surface area (Å²) >= 11 is 0. The van der Waals surface area contributed by atoms with Crippen LogP contribution in [0.2, 0.25) is 0 Å². The van der Waals surface area contributed by atoms with Crippen molar-refractivity contribution in [2.24, 2.45) is 0 Å². The molecule has 2 rings (SSSR count). The highest BCUT2D eigenvalue weighted by molar-refractivity contribution is 5.90. The summed E-state index contributed by atoms with van der Waals surface area (Å²) in [5.74, 6) is -0.895. The van der Waals surface area contributed by atoms with E-state index >= 15 is 0 Å². The Kier molecular flexibility index (Phi) is 6.71. The standard InChI is InChI=1S/C20H22O5/c1-14(24-19(21)16-10-6-4-7-11-16)18(23-3)15(2)25-20(22)17-12-8-5-9-13-17/h4-15,18H,1-3H3. The number of methoxy groups -OCH3 is 1. The molecule has 0 saturated carbocycles. The molecule has 0 heterocycles. The first-order chi connectivity index (χ1) is 12.0. The number of hydrogen-bond donors (Lipinski definition) is 0. The van der Waals surface area contributed by atoms with Gasteiger partial charge in [-0.05, 0) is 38.1 Å². The highest BCUT2D eigenvalue weighted by Crippen LogP contribution is 2.15. The van der Waals surface area contributed by atoms with Crippen molar-refractivity contribution in [3.63, 3.8) is 0 Å². The van der Waals surface area contributed by atoms with Gasteiger partial charge in [-0.15, -0.1) is 0 Å². The van der Waals surface area contributed by atoms with Gasteiger partial charge in [0.25, 0.3) is 0 Å². The van der Waals surface area contributed by atoms with E-state index in [9.17, 15) is 9.59 Å². The molecule has 0 radical (unpaired) electrons. The molecule has 0 aliphatic carbocycles. The van der Waals surface area contributed by atoms with Gasteiger partial charge >= 0.3 is 11.9 Å². The zero-order valence-corrected chi connectivity index (χ0v) is 14.5. The Bertz CT molecular complexity index is 624. The van der Waals surface area contributed by atoms with Crippen LogP contribution in [0.1, 0.15) is 34.6 Å². The predicted molar refractivity (Wildman–Crippen MR) is 93.4 cm³/mol. The highest BCUT2D eigenvalue weighted by atomic mass is 16.6. The largest absolute Gasteiger partial charge is 0.456 e. The van der Waals surface area contributed by atoms with Crippen molar-refractivity contribution in [1.29, 1.82) is 0 Å². The van der Waals surface area contributed by atoms with Crippen molar-refractivity contribution in [3.05, 3.63) is 71.8 Å². The topological polar surface area (TPSA) is 61.8 Å². The maximum absolute atomic E-state index is 12.2. The van der Waals surface area contributed by atoms with Crippen LogP contribution >= 0.6 is 0 Å². The molecule has 0 saturated heterocycles. The fourth-order valence-corrected chi connectivity index (χ4v) is 2.52. The van der Waals surface area contributed by atoms with E-state index in [4.69, 9.17) is 14.2 Å². The van der Waals surface area contributed by atoms with E-state index in [1.54, 1.807) is 62.4 Å². The molecule has 0 aliphatic rings. The summed E-state index contributed by atoms with van der Waals surface area (Å²) in [6, 6.07) is 17.4. The summed E-state index contributed by atoms with van der Waals surface area (Å²) < 4.78 is 16.3. The van der Waals surface area contributed by atoms with Crippen molar-refractivity contribution >= 4 is 11.9 Å². The lowest BCUT2D eigenvalue weighted by atomic mass is 10.1. The monoisotopic (exact) mass is 342 g/mol. The van der Waals surface area contributed by atoms with Crippen LogP contribution in [0.25, 0.3) is 0 Å². The Morgan fingerprint density at radius 3 is 1.40 bits per heavy atom. The van der Waals surface area contributed by atoms with Gasteiger partial charge in [0, 0.05) is 7.11 Å². The smallest absolute Gasteiger partial charge is 0.338 e. The first-order valence-electron chi connectivity index (χ1n) is 8.07. The quantitative estimate of drug-likeness (QED) is 0.721. The zero-order valence-electron chi connectivity index (χ0n) is 14.5. The van der Waals surface area contributed by atoms with Crippen molar-refractivity contribution in [1.82, 2.24) is 0 Å². The second kappa shape index (κ2) is 8.99. The molecule has 0 aromatic heterocycles. The van der Waals surface area contributed by atoms with Crippen LogP contribution in [0.3, 0.4) is 0 Å². The van der Waals surface area contributed by atoms with Crippen LogP contribution in [0, 0.1) is 0 Å². The summed E-state index contributed by atoms with van der Waals surface area (Å²) in [6.07, 6.45) is -1.76. The summed E-state index contributed by atoms with van der Waals surface area (Å²) in [7, 11) is 1.49. The van der Waals surface area contributed by atoms with E-state index in [1.807, 2.05) is 12.1 Å². The van der Waals surface area contributed by atoms with Crippen LogP contribution in [-0.4, -0.2) is 37.4 Å². The number of hydrogen-bond acceptors (Lipinski definition) is 5. The molecule has 132 valence electrons. The first kappa shape index (κ1) is 18.7. The molecule has 5 heteroatoms. The van der Waals surface area contributed by atoms with E-state index in [1.165, 1.54) is 7.11 Å². The van der Waals surface area contributed by atoms with Gasteiger partial charge in [-0.25, -0.2) is 9.59 Å². The molecule has 2 aromatic carbocycles. The van der Waals surface area contributed by atoms with E-state index in [2.05, 4.69) is 0 Å². The lowest BCUT2D eigenvalue weighted by Gasteiger charge is -2.27. The van der Waals surface area contributed by atoms with Crippen LogP contribution in [-0.2, 0) is 14.2 Å². The van der Waals surface area contributed by atoms with Crippen LogP contribution in [0.5, 0.6) is 0 Å². The highest BCUT2D eigenvalue weighted by Gasteiger charge is 2.29. The van der Waals surface area contributed by atoms with Crippen LogP contribution in [0.4, 0.5) is 0 Å². The Labute approximate surface area is 147 Å². The predicted octanol–water partition coefficient (Wildman–Crippen LogP) is 3.49. The third-order valence-corrected chi connectivity index (χ3v) is 3.80. The molecule has 0 N–H and O–H groups in total. The van der Waals surface area contributed by atoms with Crippen molar-refractivity contribution in [2.45, 2.75) is 32.2 Å². The second-order valence-corrected chi connectivity index (χ2v) is 5.65. The first-order valence-corrected chi connectivity index (χ1v) is 8.07. The lowest BCUT2D eigenvalue weighted by Crippen LogP contribution is -2.41. The Morgan fingerprint density at radius 2 is 1.08 bits per heavy atom.